The molecule has 1 fully saturated rings. The Balaban J connectivity index is 2.49. The zero-order valence-electron chi connectivity index (χ0n) is 18.3. The van der Waals surface area contributed by atoms with Gasteiger partial charge in [0.05, 0.1) is 0 Å². The third-order valence-electron chi connectivity index (χ3n) is 4.81. The predicted molar refractivity (Wildman–Crippen MR) is 115 cm³/mol. The summed E-state index contributed by atoms with van der Waals surface area (Å²) in [6.45, 7) is 9.29. The van der Waals surface area contributed by atoms with Crippen molar-refractivity contribution >= 4 is 28.8 Å². The zero-order valence-corrected chi connectivity index (χ0v) is 19.2. The number of unbranched alkanes of at least 4 members (excludes halogenated alkanes) is 2. The van der Waals surface area contributed by atoms with E-state index in [2.05, 4.69) is 5.32 Å². The van der Waals surface area contributed by atoms with Crippen molar-refractivity contribution in [2.45, 2.75) is 104 Å². The van der Waals surface area contributed by atoms with Crippen LogP contribution in [0.1, 0.15) is 92.4 Å². The fourth-order valence-electron chi connectivity index (χ4n) is 3.24. The lowest BCUT2D eigenvalue weighted by molar-refractivity contribution is -0.163. The van der Waals surface area contributed by atoms with Crippen molar-refractivity contribution in [1.29, 1.82) is 0 Å². The number of nitrogens with one attached hydrogen (secondary N) is 1. The van der Waals surface area contributed by atoms with Crippen molar-refractivity contribution in [3.63, 3.8) is 0 Å². The van der Waals surface area contributed by atoms with Crippen LogP contribution in [0.5, 0.6) is 0 Å². The molecule has 162 valence electrons. The molecule has 1 rings (SSSR count). The zero-order chi connectivity index (χ0) is 21.2. The van der Waals surface area contributed by atoms with Crippen LogP contribution >= 0.6 is 11.8 Å². The van der Waals surface area contributed by atoms with Gasteiger partial charge in [0.2, 0.25) is 5.91 Å². The Hall–Kier alpha value is -1.04. The molecule has 1 atom stereocenters. The van der Waals surface area contributed by atoms with E-state index in [-0.39, 0.29) is 23.0 Å². The highest BCUT2D eigenvalue weighted by atomic mass is 32.2. The van der Waals surface area contributed by atoms with E-state index in [0.29, 0.717) is 6.42 Å². The summed E-state index contributed by atoms with van der Waals surface area (Å²) in [5, 5.41) is 3.30. The van der Waals surface area contributed by atoms with Gasteiger partial charge in [0.1, 0.15) is 11.5 Å². The number of carbonyl (C=O) groups is 3. The van der Waals surface area contributed by atoms with Gasteiger partial charge in [-0.25, -0.2) is 0 Å². The Kier molecular flexibility index (Phi) is 11.2. The highest BCUT2D eigenvalue weighted by Crippen LogP contribution is 2.21. The molecule has 0 aromatic rings. The molecule has 1 aliphatic rings. The Morgan fingerprint density at radius 2 is 1.68 bits per heavy atom. The number of rotatable bonds is 10. The van der Waals surface area contributed by atoms with Gasteiger partial charge in [-0.05, 0) is 46.5 Å². The molecule has 0 aliphatic heterocycles. The van der Waals surface area contributed by atoms with E-state index in [9.17, 15) is 14.4 Å². The summed E-state index contributed by atoms with van der Waals surface area (Å²) < 4.78 is 5.50. The molecule has 6 heteroatoms. The first kappa shape index (κ1) is 25.0. The van der Waals surface area contributed by atoms with Crippen LogP contribution in [0.3, 0.4) is 0 Å². The van der Waals surface area contributed by atoms with Crippen LogP contribution in [0.25, 0.3) is 0 Å². The van der Waals surface area contributed by atoms with Gasteiger partial charge in [0.15, 0.2) is 5.12 Å². The fourth-order valence-corrected chi connectivity index (χ4v) is 4.13. The van der Waals surface area contributed by atoms with Gasteiger partial charge in [0.25, 0.3) is 0 Å². The van der Waals surface area contributed by atoms with Crippen LogP contribution in [0.15, 0.2) is 0 Å². The van der Waals surface area contributed by atoms with Crippen LogP contribution in [0.2, 0.25) is 0 Å². The van der Waals surface area contributed by atoms with Gasteiger partial charge < -0.3 is 10.1 Å². The third-order valence-corrected chi connectivity index (χ3v) is 6.06. The van der Waals surface area contributed by atoms with Crippen molar-refractivity contribution in [3.8, 4) is 0 Å². The Morgan fingerprint density at radius 3 is 2.25 bits per heavy atom. The third kappa shape index (κ3) is 10.5. The standard InChI is InChI=1S/C22H39NO4S/c1-16(2)21(26)28-15-11-7-10-14-18(20(25)27-22(3,4)5)19(24)23-17-12-8-6-9-13-17/h16-18H,6-15H2,1-5H3,(H,23,24). The highest BCUT2D eigenvalue weighted by Gasteiger charge is 2.32. The molecule has 0 radical (unpaired) electrons. The Bertz CT molecular complexity index is 507. The lowest BCUT2D eigenvalue weighted by atomic mass is 9.94. The maximum Gasteiger partial charge on any atom is 0.319 e. The van der Waals surface area contributed by atoms with Crippen LogP contribution in [-0.4, -0.2) is 34.4 Å². The molecule has 0 spiro atoms. The molecule has 5 nitrogen and oxygen atoms in total. The second kappa shape index (κ2) is 12.5. The summed E-state index contributed by atoms with van der Waals surface area (Å²) in [5.41, 5.74) is -0.603. The van der Waals surface area contributed by atoms with Crippen LogP contribution in [-0.2, 0) is 19.1 Å². The number of thioether (sulfide) groups is 1. The molecule has 0 saturated heterocycles. The topological polar surface area (TPSA) is 72.5 Å². The number of amides is 1. The van der Waals surface area contributed by atoms with E-state index < -0.39 is 17.5 Å². The molecule has 28 heavy (non-hydrogen) atoms. The summed E-state index contributed by atoms with van der Waals surface area (Å²) in [6.07, 6.45) is 8.56. The van der Waals surface area contributed by atoms with Crippen molar-refractivity contribution in [3.05, 3.63) is 0 Å². The molecule has 1 unspecified atom stereocenters. The lowest BCUT2D eigenvalue weighted by Gasteiger charge is -2.27. The average molecular weight is 414 g/mol. The van der Waals surface area contributed by atoms with Crippen LogP contribution in [0, 0.1) is 11.8 Å². The maximum atomic E-state index is 12.8. The first-order chi connectivity index (χ1) is 13.1. The van der Waals surface area contributed by atoms with Crippen LogP contribution < -0.4 is 5.32 Å². The molecule has 1 N–H and O–H groups in total. The van der Waals surface area contributed by atoms with Gasteiger partial charge in [-0.3, -0.25) is 14.4 Å². The van der Waals surface area contributed by atoms with E-state index in [1.165, 1.54) is 18.2 Å². The number of esters is 1. The summed E-state index contributed by atoms with van der Waals surface area (Å²) >= 11 is 1.38. The molecular formula is C22H39NO4S. The van der Waals surface area contributed by atoms with Crippen molar-refractivity contribution in [1.82, 2.24) is 5.32 Å². The summed E-state index contributed by atoms with van der Waals surface area (Å²) in [4.78, 5) is 37.0. The van der Waals surface area contributed by atoms with E-state index in [1.54, 1.807) is 0 Å². The minimum atomic E-state index is -0.744. The average Bonchev–Trinajstić information content (AvgIpc) is 2.59. The van der Waals surface area contributed by atoms with E-state index >= 15 is 0 Å². The normalized spacial score (nSPS) is 16.6. The number of ether oxygens (including phenoxy) is 1. The minimum absolute atomic E-state index is 0.0602. The predicted octanol–water partition coefficient (Wildman–Crippen LogP) is 4.87. The summed E-state index contributed by atoms with van der Waals surface area (Å²) in [7, 11) is 0. The Labute approximate surface area is 175 Å². The van der Waals surface area contributed by atoms with E-state index in [0.717, 1.165) is 50.7 Å². The molecule has 1 saturated carbocycles. The fraction of sp³-hybridized carbons (Fsp3) is 0.864. The molecule has 0 heterocycles. The number of hydrogen-bond acceptors (Lipinski definition) is 5. The number of hydrogen-bond donors (Lipinski definition) is 1. The minimum Gasteiger partial charge on any atom is -0.459 e. The molecule has 0 aromatic heterocycles. The van der Waals surface area contributed by atoms with Gasteiger partial charge in [0, 0.05) is 17.7 Å². The molecule has 0 aromatic carbocycles. The van der Waals surface area contributed by atoms with Gasteiger partial charge >= 0.3 is 5.97 Å². The maximum absolute atomic E-state index is 12.8. The van der Waals surface area contributed by atoms with Gasteiger partial charge in [-0.2, -0.15) is 0 Å². The molecule has 1 aliphatic carbocycles. The smallest absolute Gasteiger partial charge is 0.319 e. The highest BCUT2D eigenvalue weighted by molar-refractivity contribution is 8.13. The summed E-state index contributed by atoms with van der Waals surface area (Å²) in [6, 6.07) is 0.185. The molecule has 1 amide bonds. The van der Waals surface area contributed by atoms with Gasteiger partial charge in [-0.15, -0.1) is 0 Å². The number of carbonyl (C=O) groups excluding carboxylic acids is 3. The first-order valence-electron chi connectivity index (χ1n) is 10.8. The van der Waals surface area contributed by atoms with Crippen molar-refractivity contribution < 1.29 is 19.1 Å². The first-order valence-corrected chi connectivity index (χ1v) is 11.8. The lowest BCUT2D eigenvalue weighted by Crippen LogP contribution is -2.44. The molecule has 0 bridgehead atoms. The van der Waals surface area contributed by atoms with E-state index in [1.807, 2.05) is 34.6 Å². The van der Waals surface area contributed by atoms with Gasteiger partial charge in [-0.1, -0.05) is 57.7 Å². The van der Waals surface area contributed by atoms with Crippen molar-refractivity contribution in [2.24, 2.45) is 11.8 Å². The quantitative estimate of drug-likeness (QED) is 0.314. The molecular weight excluding hydrogens is 374 g/mol. The van der Waals surface area contributed by atoms with Crippen molar-refractivity contribution in [2.75, 3.05) is 5.75 Å². The van der Waals surface area contributed by atoms with E-state index in [4.69, 9.17) is 4.74 Å². The SMILES string of the molecule is CC(C)C(=O)SCCCCCC(C(=O)NC1CCCCC1)C(=O)OC(C)(C)C. The second-order valence-electron chi connectivity index (χ2n) is 9.10. The monoisotopic (exact) mass is 413 g/mol. The second-order valence-corrected chi connectivity index (χ2v) is 10.2. The Morgan fingerprint density at radius 1 is 1.04 bits per heavy atom. The largest absolute Gasteiger partial charge is 0.459 e. The summed E-state index contributed by atoms with van der Waals surface area (Å²) in [5.74, 6) is -0.505. The van der Waals surface area contributed by atoms with Crippen LogP contribution in [0.4, 0.5) is 0 Å².